The number of aromatic nitrogens is 2. The van der Waals surface area contributed by atoms with E-state index in [1.807, 2.05) is 23.9 Å². The molecular formula is C12H22N2O2. The summed E-state index contributed by atoms with van der Waals surface area (Å²) in [5.74, 6) is 0. The lowest BCUT2D eigenvalue weighted by molar-refractivity contribution is -0.0633. The van der Waals surface area contributed by atoms with Gasteiger partial charge < -0.3 is 10.2 Å². The van der Waals surface area contributed by atoms with E-state index in [-0.39, 0.29) is 0 Å². The molecule has 1 rings (SSSR count). The van der Waals surface area contributed by atoms with Crippen LogP contribution in [0.4, 0.5) is 0 Å². The van der Waals surface area contributed by atoms with E-state index in [9.17, 15) is 10.2 Å². The lowest BCUT2D eigenvalue weighted by atomic mass is 9.93. The molecule has 2 atom stereocenters. The van der Waals surface area contributed by atoms with Crippen molar-refractivity contribution in [1.29, 1.82) is 0 Å². The molecule has 0 fully saturated rings. The Morgan fingerprint density at radius 3 is 2.56 bits per heavy atom. The van der Waals surface area contributed by atoms with Crippen molar-refractivity contribution in [2.24, 2.45) is 0 Å². The number of aliphatic hydroxyl groups is 2. The predicted molar refractivity (Wildman–Crippen MR) is 63.2 cm³/mol. The van der Waals surface area contributed by atoms with Gasteiger partial charge in [-0.3, -0.25) is 4.68 Å². The lowest BCUT2D eigenvalue weighted by Gasteiger charge is -2.27. The Morgan fingerprint density at radius 1 is 1.50 bits per heavy atom. The van der Waals surface area contributed by atoms with Gasteiger partial charge in [-0.1, -0.05) is 6.92 Å². The Kier molecular flexibility index (Phi) is 4.10. The van der Waals surface area contributed by atoms with Crippen LogP contribution < -0.4 is 0 Å². The van der Waals surface area contributed by atoms with Gasteiger partial charge in [0.15, 0.2) is 0 Å². The van der Waals surface area contributed by atoms with Crippen LogP contribution in [0, 0.1) is 0 Å². The smallest absolute Gasteiger partial charge is 0.0880 e. The minimum absolute atomic E-state index is 0.317. The second kappa shape index (κ2) is 4.97. The van der Waals surface area contributed by atoms with Gasteiger partial charge in [0.2, 0.25) is 0 Å². The van der Waals surface area contributed by atoms with Crippen LogP contribution in [0.2, 0.25) is 0 Å². The molecule has 0 saturated carbocycles. The maximum absolute atomic E-state index is 9.88. The molecule has 0 bridgehead atoms. The van der Waals surface area contributed by atoms with E-state index in [0.29, 0.717) is 18.9 Å². The molecule has 0 radical (unpaired) electrons. The summed E-state index contributed by atoms with van der Waals surface area (Å²) in [4.78, 5) is 0. The van der Waals surface area contributed by atoms with E-state index in [1.54, 1.807) is 6.92 Å². The number of hydrogen-bond acceptors (Lipinski definition) is 3. The molecule has 1 heterocycles. The van der Waals surface area contributed by atoms with Gasteiger partial charge in [0.05, 0.1) is 17.4 Å². The quantitative estimate of drug-likeness (QED) is 0.800. The number of rotatable bonds is 5. The number of nitrogens with zero attached hydrogens (tertiary/aromatic N) is 2. The third-order valence-electron chi connectivity index (χ3n) is 3.03. The van der Waals surface area contributed by atoms with Gasteiger partial charge in [0.1, 0.15) is 0 Å². The summed E-state index contributed by atoms with van der Waals surface area (Å²) in [6.45, 7) is 7.61. The van der Waals surface area contributed by atoms with Crippen molar-refractivity contribution in [3.63, 3.8) is 0 Å². The zero-order valence-electron chi connectivity index (χ0n) is 10.5. The highest BCUT2D eigenvalue weighted by Gasteiger charge is 2.28. The van der Waals surface area contributed by atoms with E-state index >= 15 is 0 Å². The Hall–Kier alpha value is -0.870. The average molecular weight is 226 g/mol. The van der Waals surface area contributed by atoms with Crippen LogP contribution in [0.25, 0.3) is 0 Å². The Balaban J connectivity index is 2.66. The molecule has 1 aromatic rings. The van der Waals surface area contributed by atoms with Crippen LogP contribution >= 0.6 is 0 Å². The molecule has 0 aliphatic rings. The van der Waals surface area contributed by atoms with Crippen molar-refractivity contribution < 1.29 is 10.2 Å². The molecule has 16 heavy (non-hydrogen) atoms. The third-order valence-corrected chi connectivity index (χ3v) is 3.03. The highest BCUT2D eigenvalue weighted by molar-refractivity contribution is 5.03. The summed E-state index contributed by atoms with van der Waals surface area (Å²) in [5, 5.41) is 24.1. The number of hydrogen-bond donors (Lipinski definition) is 2. The van der Waals surface area contributed by atoms with Crippen molar-refractivity contribution in [2.75, 3.05) is 0 Å². The van der Waals surface area contributed by atoms with Crippen LogP contribution in [0.3, 0.4) is 0 Å². The average Bonchev–Trinajstić information content (AvgIpc) is 2.66. The van der Waals surface area contributed by atoms with E-state index in [4.69, 9.17) is 0 Å². The molecule has 0 saturated heterocycles. The molecule has 2 unspecified atom stereocenters. The zero-order valence-corrected chi connectivity index (χ0v) is 10.5. The van der Waals surface area contributed by atoms with Crippen molar-refractivity contribution >= 4 is 0 Å². The van der Waals surface area contributed by atoms with Crippen LogP contribution in [0.1, 0.15) is 45.9 Å². The Bertz CT molecular complexity index is 332. The highest BCUT2D eigenvalue weighted by atomic mass is 16.3. The predicted octanol–water partition coefficient (Wildman–Crippen LogP) is 1.53. The first-order valence-electron chi connectivity index (χ1n) is 5.81. The molecule has 4 nitrogen and oxygen atoms in total. The Labute approximate surface area is 96.9 Å². The summed E-state index contributed by atoms with van der Waals surface area (Å²) < 4.78 is 1.85. The molecule has 1 aromatic heterocycles. The van der Waals surface area contributed by atoms with Gasteiger partial charge in [0, 0.05) is 18.7 Å². The first-order valence-corrected chi connectivity index (χ1v) is 5.81. The van der Waals surface area contributed by atoms with Gasteiger partial charge in [-0.05, 0) is 33.3 Å². The molecule has 92 valence electrons. The van der Waals surface area contributed by atoms with Crippen LogP contribution in [-0.2, 0) is 6.42 Å². The second-order valence-electron chi connectivity index (χ2n) is 4.81. The minimum Gasteiger partial charge on any atom is -0.390 e. The number of aliphatic hydroxyl groups excluding tert-OH is 1. The fourth-order valence-corrected chi connectivity index (χ4v) is 1.43. The SMILES string of the molecule is CCC(C)(O)C(O)Cc1ccn(C(C)C)n1. The summed E-state index contributed by atoms with van der Waals surface area (Å²) >= 11 is 0. The van der Waals surface area contributed by atoms with Crippen LogP contribution in [0.15, 0.2) is 12.3 Å². The largest absolute Gasteiger partial charge is 0.390 e. The fraction of sp³-hybridized carbons (Fsp3) is 0.750. The fourth-order valence-electron chi connectivity index (χ4n) is 1.43. The van der Waals surface area contributed by atoms with E-state index in [1.165, 1.54) is 0 Å². The van der Waals surface area contributed by atoms with Gasteiger partial charge in [-0.25, -0.2) is 0 Å². The highest BCUT2D eigenvalue weighted by Crippen LogP contribution is 2.18. The third kappa shape index (κ3) is 3.06. The molecule has 0 aromatic carbocycles. The summed E-state index contributed by atoms with van der Waals surface area (Å²) in [6.07, 6.45) is 2.04. The minimum atomic E-state index is -1.04. The molecule has 0 amide bonds. The molecule has 0 spiro atoms. The monoisotopic (exact) mass is 226 g/mol. The lowest BCUT2D eigenvalue weighted by Crippen LogP contribution is -2.40. The maximum Gasteiger partial charge on any atom is 0.0880 e. The van der Waals surface area contributed by atoms with Crippen molar-refractivity contribution in [1.82, 2.24) is 9.78 Å². The first kappa shape index (κ1) is 13.2. The van der Waals surface area contributed by atoms with Gasteiger partial charge >= 0.3 is 0 Å². The first-order chi connectivity index (χ1) is 7.36. The Morgan fingerprint density at radius 2 is 2.12 bits per heavy atom. The molecule has 0 aliphatic carbocycles. The standard InChI is InChI=1S/C12H22N2O2/c1-5-12(4,16)11(15)8-10-6-7-14(13-10)9(2)3/h6-7,9,11,15-16H,5,8H2,1-4H3. The van der Waals surface area contributed by atoms with Gasteiger partial charge in [0.25, 0.3) is 0 Å². The van der Waals surface area contributed by atoms with Crippen molar-refractivity contribution in [2.45, 2.75) is 58.3 Å². The molecule has 0 aliphatic heterocycles. The molecule has 2 N–H and O–H groups in total. The van der Waals surface area contributed by atoms with Gasteiger partial charge in [-0.15, -0.1) is 0 Å². The topological polar surface area (TPSA) is 58.3 Å². The summed E-state index contributed by atoms with van der Waals surface area (Å²) in [5.41, 5.74) is -0.225. The molecule has 4 heteroatoms. The second-order valence-corrected chi connectivity index (χ2v) is 4.81. The van der Waals surface area contributed by atoms with Crippen LogP contribution in [-0.4, -0.2) is 31.7 Å². The van der Waals surface area contributed by atoms with Gasteiger partial charge in [-0.2, -0.15) is 5.10 Å². The van der Waals surface area contributed by atoms with Crippen LogP contribution in [0.5, 0.6) is 0 Å². The summed E-state index contributed by atoms with van der Waals surface area (Å²) in [6, 6.07) is 2.20. The maximum atomic E-state index is 9.88. The van der Waals surface area contributed by atoms with Crippen molar-refractivity contribution in [3.8, 4) is 0 Å². The van der Waals surface area contributed by atoms with E-state index < -0.39 is 11.7 Å². The van der Waals surface area contributed by atoms with Crippen molar-refractivity contribution in [3.05, 3.63) is 18.0 Å². The van der Waals surface area contributed by atoms with E-state index in [0.717, 1.165) is 5.69 Å². The van der Waals surface area contributed by atoms with E-state index in [2.05, 4.69) is 18.9 Å². The molecular weight excluding hydrogens is 204 g/mol. The summed E-state index contributed by atoms with van der Waals surface area (Å²) in [7, 11) is 0. The normalized spacial score (nSPS) is 17.4. The zero-order chi connectivity index (χ0) is 12.3.